The first kappa shape index (κ1) is 18.7. The van der Waals surface area contributed by atoms with Crippen LogP contribution in [0.1, 0.15) is 25.0 Å². The van der Waals surface area contributed by atoms with Crippen LogP contribution in [0.3, 0.4) is 0 Å². The molecule has 0 spiro atoms. The van der Waals surface area contributed by atoms with Gasteiger partial charge in [-0.2, -0.15) is 0 Å². The SMILES string of the molecule is CC(C)S(=O)(=O)n1c(N)nc2ccc(C(=CC(=O)O)c3ccccc3)cc21. The second-order valence-electron chi connectivity index (χ2n) is 6.29. The molecule has 0 saturated heterocycles. The first-order chi connectivity index (χ1) is 12.7. The van der Waals surface area contributed by atoms with Crippen LogP contribution in [-0.4, -0.2) is 33.7 Å². The fourth-order valence-electron chi connectivity index (χ4n) is 2.79. The molecular formula is C19H19N3O4S. The van der Waals surface area contributed by atoms with Crippen molar-refractivity contribution in [3.8, 4) is 0 Å². The molecule has 8 heteroatoms. The maximum Gasteiger partial charge on any atom is 0.328 e. The summed E-state index contributed by atoms with van der Waals surface area (Å²) in [4.78, 5) is 15.5. The summed E-state index contributed by atoms with van der Waals surface area (Å²) in [6.07, 6.45) is 1.09. The Bertz CT molecular complexity index is 1150. The third kappa shape index (κ3) is 3.43. The second kappa shape index (κ2) is 6.88. The number of carboxylic acids is 1. The van der Waals surface area contributed by atoms with Gasteiger partial charge in [0.1, 0.15) is 0 Å². The number of aromatic nitrogens is 2. The van der Waals surface area contributed by atoms with Crippen molar-refractivity contribution in [2.24, 2.45) is 0 Å². The van der Waals surface area contributed by atoms with E-state index in [1.807, 2.05) is 6.07 Å². The molecule has 0 unspecified atom stereocenters. The van der Waals surface area contributed by atoms with Crippen LogP contribution in [0.4, 0.5) is 5.95 Å². The van der Waals surface area contributed by atoms with Gasteiger partial charge in [-0.1, -0.05) is 36.4 Å². The van der Waals surface area contributed by atoms with Gasteiger partial charge in [0.25, 0.3) is 0 Å². The lowest BCUT2D eigenvalue weighted by atomic mass is 9.97. The molecular weight excluding hydrogens is 366 g/mol. The number of rotatable bonds is 5. The van der Waals surface area contributed by atoms with E-state index in [4.69, 9.17) is 5.73 Å². The van der Waals surface area contributed by atoms with E-state index in [1.54, 1.807) is 56.3 Å². The van der Waals surface area contributed by atoms with Gasteiger partial charge in [0.15, 0.2) is 0 Å². The number of aliphatic carboxylic acids is 1. The lowest BCUT2D eigenvalue weighted by Gasteiger charge is -2.12. The summed E-state index contributed by atoms with van der Waals surface area (Å²) in [5.74, 6) is -1.23. The third-order valence-electron chi connectivity index (χ3n) is 4.15. The van der Waals surface area contributed by atoms with E-state index in [2.05, 4.69) is 4.98 Å². The molecule has 0 saturated carbocycles. The zero-order valence-corrected chi connectivity index (χ0v) is 15.6. The monoisotopic (exact) mass is 385 g/mol. The Hall–Kier alpha value is -3.13. The number of hydrogen-bond donors (Lipinski definition) is 2. The quantitative estimate of drug-likeness (QED) is 0.653. The highest BCUT2D eigenvalue weighted by atomic mass is 32.2. The van der Waals surface area contributed by atoms with Crippen molar-refractivity contribution in [2.45, 2.75) is 19.1 Å². The predicted molar refractivity (Wildman–Crippen MR) is 105 cm³/mol. The third-order valence-corrected chi connectivity index (χ3v) is 6.24. The Balaban J connectivity index is 2.28. The predicted octanol–water partition coefficient (Wildman–Crippen LogP) is 2.72. The molecule has 1 heterocycles. The summed E-state index contributed by atoms with van der Waals surface area (Å²) in [6.45, 7) is 3.12. The molecule has 0 fully saturated rings. The number of benzene rings is 2. The molecule has 0 bridgehead atoms. The van der Waals surface area contributed by atoms with E-state index < -0.39 is 21.2 Å². The molecule has 1 aromatic heterocycles. The Kier molecular flexibility index (Phi) is 4.75. The minimum absolute atomic E-state index is 0.126. The molecule has 2 aromatic carbocycles. The van der Waals surface area contributed by atoms with Crippen molar-refractivity contribution in [3.63, 3.8) is 0 Å². The number of anilines is 1. The summed E-state index contributed by atoms with van der Waals surface area (Å²) < 4.78 is 26.4. The topological polar surface area (TPSA) is 115 Å². The molecule has 140 valence electrons. The first-order valence-electron chi connectivity index (χ1n) is 8.24. The molecule has 3 aromatic rings. The lowest BCUT2D eigenvalue weighted by Crippen LogP contribution is -2.23. The van der Waals surface area contributed by atoms with E-state index in [0.29, 0.717) is 27.7 Å². The molecule has 0 atom stereocenters. The summed E-state index contributed by atoms with van der Waals surface area (Å²) in [5, 5.41) is 8.58. The number of carbonyl (C=O) groups is 1. The van der Waals surface area contributed by atoms with E-state index in [1.165, 1.54) is 0 Å². The van der Waals surface area contributed by atoms with Crippen molar-refractivity contribution in [3.05, 3.63) is 65.7 Å². The average molecular weight is 385 g/mol. The summed E-state index contributed by atoms with van der Waals surface area (Å²) in [5.41, 5.74) is 8.30. The van der Waals surface area contributed by atoms with Crippen molar-refractivity contribution in [1.29, 1.82) is 0 Å². The fraction of sp³-hybridized carbons (Fsp3) is 0.158. The number of fused-ring (bicyclic) bond motifs is 1. The standard InChI is InChI=1S/C19H19N3O4S/c1-12(2)27(25,26)22-17-10-14(8-9-16(17)21-19(22)20)15(11-18(23)24)13-6-4-3-5-7-13/h3-12H,1-2H3,(H2,20,21)(H,23,24). The van der Waals surface area contributed by atoms with Gasteiger partial charge in [-0.25, -0.2) is 22.2 Å². The van der Waals surface area contributed by atoms with Gasteiger partial charge < -0.3 is 10.8 Å². The molecule has 0 amide bonds. The van der Waals surface area contributed by atoms with Gasteiger partial charge in [-0.05, 0) is 42.7 Å². The highest BCUT2D eigenvalue weighted by Gasteiger charge is 2.24. The number of nitrogens with two attached hydrogens (primary N) is 1. The van der Waals surface area contributed by atoms with E-state index in [-0.39, 0.29) is 5.95 Å². The number of imidazole rings is 1. The Labute approximate surface area is 156 Å². The van der Waals surface area contributed by atoms with Crippen molar-refractivity contribution in [1.82, 2.24) is 8.96 Å². The van der Waals surface area contributed by atoms with Gasteiger partial charge in [-0.15, -0.1) is 0 Å². The summed E-state index contributed by atoms with van der Waals surface area (Å²) >= 11 is 0. The van der Waals surface area contributed by atoms with Crippen molar-refractivity contribution >= 4 is 38.5 Å². The van der Waals surface area contributed by atoms with Crippen LogP contribution < -0.4 is 5.73 Å². The van der Waals surface area contributed by atoms with Gasteiger partial charge in [-0.3, -0.25) is 0 Å². The van der Waals surface area contributed by atoms with Gasteiger partial charge in [0.05, 0.1) is 16.3 Å². The number of nitrogens with zero attached hydrogens (tertiary/aromatic N) is 2. The van der Waals surface area contributed by atoms with Crippen LogP contribution >= 0.6 is 0 Å². The van der Waals surface area contributed by atoms with Crippen LogP contribution in [0.25, 0.3) is 16.6 Å². The number of carboxylic acid groups (broad SMARTS) is 1. The molecule has 0 aliphatic heterocycles. The number of nitrogen functional groups attached to an aromatic ring is 1. The average Bonchev–Trinajstić information content (AvgIpc) is 2.95. The Morgan fingerprint density at radius 1 is 1.15 bits per heavy atom. The molecule has 0 radical (unpaired) electrons. The Morgan fingerprint density at radius 2 is 1.81 bits per heavy atom. The smallest absolute Gasteiger partial charge is 0.328 e. The second-order valence-corrected chi connectivity index (χ2v) is 8.63. The molecule has 27 heavy (non-hydrogen) atoms. The highest BCUT2D eigenvalue weighted by molar-refractivity contribution is 7.90. The van der Waals surface area contributed by atoms with Gasteiger partial charge in [0.2, 0.25) is 16.0 Å². The number of hydrogen-bond acceptors (Lipinski definition) is 5. The first-order valence-corrected chi connectivity index (χ1v) is 9.75. The van der Waals surface area contributed by atoms with Crippen LogP contribution in [0.2, 0.25) is 0 Å². The van der Waals surface area contributed by atoms with Crippen LogP contribution in [0.15, 0.2) is 54.6 Å². The summed E-state index contributed by atoms with van der Waals surface area (Å²) in [6, 6.07) is 13.9. The zero-order valence-electron chi connectivity index (χ0n) is 14.8. The van der Waals surface area contributed by atoms with Crippen molar-refractivity contribution < 1.29 is 18.3 Å². The minimum Gasteiger partial charge on any atom is -0.478 e. The van der Waals surface area contributed by atoms with Gasteiger partial charge >= 0.3 is 5.97 Å². The van der Waals surface area contributed by atoms with E-state index in [9.17, 15) is 18.3 Å². The molecule has 0 aliphatic rings. The normalized spacial score (nSPS) is 12.6. The minimum atomic E-state index is -3.73. The van der Waals surface area contributed by atoms with Gasteiger partial charge in [0, 0.05) is 6.08 Å². The van der Waals surface area contributed by atoms with Crippen LogP contribution in [-0.2, 0) is 14.8 Å². The summed E-state index contributed by atoms with van der Waals surface area (Å²) in [7, 11) is -3.73. The van der Waals surface area contributed by atoms with Crippen molar-refractivity contribution in [2.75, 3.05) is 5.73 Å². The Morgan fingerprint density at radius 3 is 2.41 bits per heavy atom. The zero-order chi connectivity index (χ0) is 19.8. The highest BCUT2D eigenvalue weighted by Crippen LogP contribution is 2.29. The largest absolute Gasteiger partial charge is 0.478 e. The molecule has 3 rings (SSSR count). The van der Waals surface area contributed by atoms with Crippen LogP contribution in [0.5, 0.6) is 0 Å². The maximum absolute atomic E-state index is 12.7. The maximum atomic E-state index is 12.7. The van der Waals surface area contributed by atoms with E-state index >= 15 is 0 Å². The van der Waals surface area contributed by atoms with Crippen LogP contribution in [0, 0.1) is 0 Å². The van der Waals surface area contributed by atoms with E-state index in [0.717, 1.165) is 10.0 Å². The molecule has 0 aliphatic carbocycles. The lowest BCUT2D eigenvalue weighted by molar-refractivity contribution is -0.131. The molecule has 7 nitrogen and oxygen atoms in total. The molecule has 3 N–H and O–H groups in total. The fourth-order valence-corrected chi connectivity index (χ4v) is 3.94.